The number of halogens is 1. The van der Waals surface area contributed by atoms with Crippen molar-refractivity contribution in [2.24, 2.45) is 7.05 Å². The standard InChI is InChI=1S/C19H15FN2O3/c1-11(23)12-6-3-4-9-16(12)21-19(25)14-10-22(2)17-13(18(14)24)7-5-8-15(17)20/h3-10H,1-2H3,(H,21,25). The first kappa shape index (κ1) is 16.6. The number of rotatable bonds is 3. The first-order valence-electron chi connectivity index (χ1n) is 7.59. The minimum absolute atomic E-state index is 0.120. The number of carbonyl (C=O) groups excluding carboxylic acids is 2. The molecule has 0 aliphatic carbocycles. The number of aryl methyl sites for hydroxylation is 1. The number of hydrogen-bond donors (Lipinski definition) is 1. The summed E-state index contributed by atoms with van der Waals surface area (Å²) in [7, 11) is 1.56. The van der Waals surface area contributed by atoms with Gasteiger partial charge in [0.15, 0.2) is 5.78 Å². The van der Waals surface area contributed by atoms with E-state index in [9.17, 15) is 18.8 Å². The van der Waals surface area contributed by atoms with Crippen LogP contribution in [0.5, 0.6) is 0 Å². The molecule has 0 bridgehead atoms. The molecule has 1 N–H and O–H groups in total. The third-order valence-electron chi connectivity index (χ3n) is 3.95. The number of aromatic nitrogens is 1. The van der Waals surface area contributed by atoms with Crippen LogP contribution in [0, 0.1) is 5.82 Å². The van der Waals surface area contributed by atoms with Gasteiger partial charge in [-0.15, -0.1) is 0 Å². The van der Waals surface area contributed by atoms with E-state index in [-0.39, 0.29) is 22.2 Å². The normalized spacial score (nSPS) is 10.7. The number of benzene rings is 2. The first-order chi connectivity index (χ1) is 11.9. The lowest BCUT2D eigenvalue weighted by molar-refractivity contribution is 0.101. The molecule has 0 unspecified atom stereocenters. The van der Waals surface area contributed by atoms with Gasteiger partial charge >= 0.3 is 0 Å². The molecule has 1 amide bonds. The summed E-state index contributed by atoms with van der Waals surface area (Å²) in [5.41, 5.74) is 0.110. The maximum atomic E-state index is 14.0. The highest BCUT2D eigenvalue weighted by Crippen LogP contribution is 2.18. The van der Waals surface area contributed by atoms with Crippen molar-refractivity contribution in [2.75, 3.05) is 5.32 Å². The summed E-state index contributed by atoms with van der Waals surface area (Å²) in [6, 6.07) is 10.7. The lowest BCUT2D eigenvalue weighted by Crippen LogP contribution is -2.24. The highest BCUT2D eigenvalue weighted by atomic mass is 19.1. The fourth-order valence-electron chi connectivity index (χ4n) is 2.77. The molecule has 0 fully saturated rings. The molecule has 1 heterocycles. The minimum Gasteiger partial charge on any atom is -0.347 e. The average Bonchev–Trinajstić information content (AvgIpc) is 2.58. The average molecular weight is 338 g/mol. The Kier molecular flexibility index (Phi) is 4.19. The van der Waals surface area contributed by atoms with Crippen LogP contribution in [0.1, 0.15) is 27.6 Å². The number of hydrogen-bond acceptors (Lipinski definition) is 3. The van der Waals surface area contributed by atoms with Gasteiger partial charge in [-0.05, 0) is 31.2 Å². The fraction of sp³-hybridized carbons (Fsp3) is 0.105. The molecular weight excluding hydrogens is 323 g/mol. The number of carbonyl (C=O) groups is 2. The summed E-state index contributed by atoms with van der Waals surface area (Å²) in [5.74, 6) is -1.39. The van der Waals surface area contributed by atoms with Crippen LogP contribution in [-0.2, 0) is 7.05 Å². The quantitative estimate of drug-likeness (QED) is 0.746. The second kappa shape index (κ2) is 6.32. The van der Waals surface area contributed by atoms with Gasteiger partial charge in [0.2, 0.25) is 5.43 Å². The Labute approximate surface area is 142 Å². The molecule has 0 aliphatic rings. The zero-order valence-corrected chi connectivity index (χ0v) is 13.7. The van der Waals surface area contributed by atoms with E-state index in [0.29, 0.717) is 11.3 Å². The van der Waals surface area contributed by atoms with Crippen LogP contribution in [-0.4, -0.2) is 16.3 Å². The number of Topliss-reactive ketones (excluding diaryl/α,β-unsaturated/α-hetero) is 1. The Morgan fingerprint density at radius 3 is 2.48 bits per heavy atom. The van der Waals surface area contributed by atoms with Crippen molar-refractivity contribution in [1.82, 2.24) is 4.57 Å². The molecule has 3 aromatic rings. The molecular formula is C19H15FN2O3. The minimum atomic E-state index is -0.652. The van der Waals surface area contributed by atoms with Gasteiger partial charge in [-0.25, -0.2) is 4.39 Å². The number of nitrogens with one attached hydrogen (secondary N) is 1. The van der Waals surface area contributed by atoms with Gasteiger partial charge < -0.3 is 9.88 Å². The fourth-order valence-corrected chi connectivity index (χ4v) is 2.77. The first-order valence-corrected chi connectivity index (χ1v) is 7.59. The maximum Gasteiger partial charge on any atom is 0.261 e. The van der Waals surface area contributed by atoms with Crippen molar-refractivity contribution >= 4 is 28.3 Å². The molecule has 126 valence electrons. The summed E-state index contributed by atoms with van der Waals surface area (Å²) in [6.45, 7) is 1.39. The van der Waals surface area contributed by atoms with Crippen LogP contribution < -0.4 is 10.7 Å². The van der Waals surface area contributed by atoms with Gasteiger partial charge in [0.05, 0.1) is 11.2 Å². The van der Waals surface area contributed by atoms with Gasteiger partial charge in [-0.1, -0.05) is 18.2 Å². The zero-order chi connectivity index (χ0) is 18.1. The highest BCUT2D eigenvalue weighted by Gasteiger charge is 2.18. The molecule has 0 spiro atoms. The summed E-state index contributed by atoms with van der Waals surface area (Å²) in [4.78, 5) is 36.8. The van der Waals surface area contributed by atoms with E-state index in [1.54, 1.807) is 31.3 Å². The van der Waals surface area contributed by atoms with Crippen molar-refractivity contribution in [3.05, 3.63) is 75.8 Å². The van der Waals surface area contributed by atoms with Crippen LogP contribution in [0.25, 0.3) is 10.9 Å². The number of para-hydroxylation sites is 2. The van der Waals surface area contributed by atoms with Crippen molar-refractivity contribution in [2.45, 2.75) is 6.92 Å². The van der Waals surface area contributed by atoms with E-state index in [4.69, 9.17) is 0 Å². The topological polar surface area (TPSA) is 68.2 Å². The maximum absolute atomic E-state index is 14.0. The Hall–Kier alpha value is -3.28. The van der Waals surface area contributed by atoms with Crippen molar-refractivity contribution in [3.63, 3.8) is 0 Å². The van der Waals surface area contributed by atoms with E-state index in [0.717, 1.165) is 0 Å². The van der Waals surface area contributed by atoms with Gasteiger partial charge in [0, 0.05) is 24.2 Å². The van der Waals surface area contributed by atoms with E-state index in [1.807, 2.05) is 0 Å². The molecule has 3 rings (SSSR count). The van der Waals surface area contributed by atoms with Crippen LogP contribution in [0.3, 0.4) is 0 Å². The Bertz CT molecular complexity index is 1070. The van der Waals surface area contributed by atoms with Crippen LogP contribution in [0.4, 0.5) is 10.1 Å². The van der Waals surface area contributed by atoms with Gasteiger partial charge in [0.1, 0.15) is 11.4 Å². The number of anilines is 1. The molecule has 2 aromatic carbocycles. The molecule has 0 aliphatic heterocycles. The number of nitrogens with zero attached hydrogens (tertiary/aromatic N) is 1. The number of amides is 1. The lowest BCUT2D eigenvalue weighted by Gasteiger charge is -2.11. The third-order valence-corrected chi connectivity index (χ3v) is 3.95. The van der Waals surface area contributed by atoms with E-state index in [2.05, 4.69) is 5.32 Å². The predicted octanol–water partition coefficient (Wildman–Crippen LogP) is 3.13. The summed E-state index contributed by atoms with van der Waals surface area (Å²) in [6.07, 6.45) is 1.29. The predicted molar refractivity (Wildman–Crippen MR) is 93.5 cm³/mol. The molecule has 5 nitrogen and oxygen atoms in total. The molecule has 1 aromatic heterocycles. The number of fused-ring (bicyclic) bond motifs is 1. The van der Waals surface area contributed by atoms with Gasteiger partial charge in [-0.3, -0.25) is 14.4 Å². The smallest absolute Gasteiger partial charge is 0.261 e. The molecule has 0 radical (unpaired) electrons. The van der Waals surface area contributed by atoms with Gasteiger partial charge in [-0.2, -0.15) is 0 Å². The number of pyridine rings is 1. The SMILES string of the molecule is CC(=O)c1ccccc1NC(=O)c1cn(C)c2c(F)cccc2c1=O. The zero-order valence-electron chi connectivity index (χ0n) is 13.7. The van der Waals surface area contributed by atoms with Crippen molar-refractivity contribution in [3.8, 4) is 0 Å². The lowest BCUT2D eigenvalue weighted by atomic mass is 10.1. The van der Waals surface area contributed by atoms with E-state index in [1.165, 1.54) is 35.9 Å². The third kappa shape index (κ3) is 2.94. The second-order valence-electron chi connectivity index (χ2n) is 5.67. The van der Waals surface area contributed by atoms with Crippen LogP contribution in [0.2, 0.25) is 0 Å². The molecule has 0 atom stereocenters. The highest BCUT2D eigenvalue weighted by molar-refractivity contribution is 6.09. The van der Waals surface area contributed by atoms with Crippen LogP contribution in [0.15, 0.2) is 53.5 Å². The Balaban J connectivity index is 2.09. The van der Waals surface area contributed by atoms with E-state index >= 15 is 0 Å². The summed E-state index contributed by atoms with van der Waals surface area (Å²) in [5, 5.41) is 2.71. The number of ketones is 1. The van der Waals surface area contributed by atoms with Crippen molar-refractivity contribution in [1.29, 1.82) is 0 Å². The molecule has 0 saturated heterocycles. The second-order valence-corrected chi connectivity index (χ2v) is 5.67. The summed E-state index contributed by atoms with van der Waals surface area (Å²) >= 11 is 0. The molecule has 6 heteroatoms. The summed E-state index contributed by atoms with van der Waals surface area (Å²) < 4.78 is 15.4. The monoisotopic (exact) mass is 338 g/mol. The van der Waals surface area contributed by atoms with Gasteiger partial charge in [0.25, 0.3) is 5.91 Å². The largest absolute Gasteiger partial charge is 0.347 e. The van der Waals surface area contributed by atoms with Crippen LogP contribution >= 0.6 is 0 Å². The Morgan fingerprint density at radius 2 is 1.76 bits per heavy atom. The molecule has 25 heavy (non-hydrogen) atoms. The molecule has 0 saturated carbocycles. The van der Waals surface area contributed by atoms with Crippen molar-refractivity contribution < 1.29 is 14.0 Å². The Morgan fingerprint density at radius 1 is 1.04 bits per heavy atom. The van der Waals surface area contributed by atoms with E-state index < -0.39 is 17.2 Å².